The van der Waals surface area contributed by atoms with E-state index < -0.39 is 5.82 Å². The maximum atomic E-state index is 13.9. The van der Waals surface area contributed by atoms with Crippen LogP contribution in [0.5, 0.6) is 0 Å². The van der Waals surface area contributed by atoms with Crippen LogP contribution in [-0.2, 0) is 17.8 Å². The van der Waals surface area contributed by atoms with Crippen LogP contribution >= 0.6 is 23.4 Å². The molecule has 5 nitrogen and oxygen atoms in total. The molecule has 1 aliphatic heterocycles. The summed E-state index contributed by atoms with van der Waals surface area (Å²) in [6, 6.07) is 14.8. The summed E-state index contributed by atoms with van der Waals surface area (Å²) >= 11 is 6.94. The van der Waals surface area contributed by atoms with Crippen LogP contribution in [0.4, 0.5) is 15.9 Å². The molecule has 1 amide bonds. The van der Waals surface area contributed by atoms with Gasteiger partial charge in [0, 0.05) is 19.3 Å². The number of amides is 1. The Balaban J connectivity index is 1.38. The Labute approximate surface area is 177 Å². The van der Waals surface area contributed by atoms with Crippen molar-refractivity contribution in [3.05, 3.63) is 76.7 Å². The molecule has 0 saturated carbocycles. The van der Waals surface area contributed by atoms with Crippen molar-refractivity contribution in [1.82, 2.24) is 9.97 Å². The fourth-order valence-electron chi connectivity index (χ4n) is 3.19. The fraction of sp³-hybridized carbons (Fsp3) is 0.190. The number of fused-ring (bicyclic) bond motifs is 1. The molecule has 2 aromatic carbocycles. The number of nitrogens with zero attached hydrogens (tertiary/aromatic N) is 3. The molecule has 0 aliphatic carbocycles. The number of nitrogens with one attached hydrogen (secondary N) is 1. The summed E-state index contributed by atoms with van der Waals surface area (Å²) in [6.45, 7) is 1.68. The molecular formula is C21H18ClFN4OS. The zero-order chi connectivity index (χ0) is 20.2. The Morgan fingerprint density at radius 1 is 1.17 bits per heavy atom. The quantitative estimate of drug-likeness (QED) is 0.476. The van der Waals surface area contributed by atoms with Crippen molar-refractivity contribution in [3.8, 4) is 0 Å². The molecule has 1 N–H and O–H groups in total. The van der Waals surface area contributed by atoms with Crippen LogP contribution < -0.4 is 10.2 Å². The van der Waals surface area contributed by atoms with E-state index in [0.717, 1.165) is 25.3 Å². The summed E-state index contributed by atoms with van der Waals surface area (Å²) in [4.78, 5) is 23.2. The van der Waals surface area contributed by atoms with E-state index in [9.17, 15) is 9.18 Å². The Bertz CT molecular complexity index is 1050. The van der Waals surface area contributed by atoms with Gasteiger partial charge in [0.1, 0.15) is 5.82 Å². The average Bonchev–Trinajstić information content (AvgIpc) is 2.75. The minimum absolute atomic E-state index is 0.0328. The van der Waals surface area contributed by atoms with Crippen molar-refractivity contribution in [1.29, 1.82) is 0 Å². The molecule has 29 heavy (non-hydrogen) atoms. The van der Waals surface area contributed by atoms with Gasteiger partial charge in [-0.05, 0) is 35.7 Å². The first kappa shape index (κ1) is 19.7. The SMILES string of the molecule is O=C(CSc1nccc(N2CCc3ccccc3C2)n1)Nc1cccc(Cl)c1F. The second-order valence-electron chi connectivity index (χ2n) is 6.58. The standard InChI is InChI=1S/C21H18ClFN4OS/c22-16-6-3-7-17(20(16)23)25-19(28)13-29-21-24-10-8-18(26-21)27-11-9-14-4-1-2-5-15(14)12-27/h1-8,10H,9,11-13H2,(H,25,28). The monoisotopic (exact) mass is 428 g/mol. The Morgan fingerprint density at radius 3 is 2.86 bits per heavy atom. The van der Waals surface area contributed by atoms with Crippen molar-refractivity contribution >= 4 is 40.8 Å². The average molecular weight is 429 g/mol. The predicted molar refractivity (Wildman–Crippen MR) is 114 cm³/mol. The van der Waals surface area contributed by atoms with E-state index in [-0.39, 0.29) is 22.4 Å². The second-order valence-corrected chi connectivity index (χ2v) is 7.93. The third-order valence-electron chi connectivity index (χ3n) is 4.63. The first-order valence-electron chi connectivity index (χ1n) is 9.11. The lowest BCUT2D eigenvalue weighted by molar-refractivity contribution is -0.113. The van der Waals surface area contributed by atoms with Gasteiger partial charge in [0.15, 0.2) is 11.0 Å². The highest BCUT2D eigenvalue weighted by Gasteiger charge is 2.18. The van der Waals surface area contributed by atoms with Gasteiger partial charge in [-0.15, -0.1) is 0 Å². The molecule has 0 fully saturated rings. The molecule has 1 aliphatic rings. The lowest BCUT2D eigenvalue weighted by atomic mass is 10.00. The molecule has 0 saturated heterocycles. The van der Waals surface area contributed by atoms with E-state index in [1.807, 2.05) is 12.1 Å². The minimum Gasteiger partial charge on any atom is -0.352 e. The van der Waals surface area contributed by atoms with Crippen LogP contribution in [-0.4, -0.2) is 28.2 Å². The molecule has 0 atom stereocenters. The molecule has 0 radical (unpaired) electrons. The van der Waals surface area contributed by atoms with Gasteiger partial charge in [-0.3, -0.25) is 4.79 Å². The molecule has 0 spiro atoms. The Hall–Kier alpha value is -2.64. The molecular weight excluding hydrogens is 411 g/mol. The molecule has 4 rings (SSSR count). The summed E-state index contributed by atoms with van der Waals surface area (Å²) < 4.78 is 13.9. The van der Waals surface area contributed by atoms with Crippen molar-refractivity contribution in [2.24, 2.45) is 0 Å². The third kappa shape index (κ3) is 4.68. The van der Waals surface area contributed by atoms with Gasteiger partial charge < -0.3 is 10.2 Å². The van der Waals surface area contributed by atoms with E-state index >= 15 is 0 Å². The van der Waals surface area contributed by atoms with Crippen molar-refractivity contribution < 1.29 is 9.18 Å². The van der Waals surface area contributed by atoms with Gasteiger partial charge in [-0.25, -0.2) is 14.4 Å². The molecule has 0 unspecified atom stereocenters. The summed E-state index contributed by atoms with van der Waals surface area (Å²) in [5, 5.41) is 3.00. The number of anilines is 2. The number of carbonyl (C=O) groups is 1. The van der Waals surface area contributed by atoms with Crippen molar-refractivity contribution in [2.75, 3.05) is 22.5 Å². The van der Waals surface area contributed by atoms with E-state index in [1.54, 1.807) is 12.3 Å². The van der Waals surface area contributed by atoms with Crippen LogP contribution in [0.15, 0.2) is 59.9 Å². The summed E-state index contributed by atoms with van der Waals surface area (Å²) in [5.41, 5.74) is 2.73. The number of carbonyl (C=O) groups excluding carboxylic acids is 1. The van der Waals surface area contributed by atoms with Crippen molar-refractivity contribution in [2.45, 2.75) is 18.1 Å². The molecule has 148 valence electrons. The number of thioether (sulfide) groups is 1. The number of aromatic nitrogens is 2. The fourth-order valence-corrected chi connectivity index (χ4v) is 3.99. The van der Waals surface area contributed by atoms with Crippen molar-refractivity contribution in [3.63, 3.8) is 0 Å². The van der Waals surface area contributed by atoms with Crippen LogP contribution in [0.3, 0.4) is 0 Å². The summed E-state index contributed by atoms with van der Waals surface area (Å²) in [5.74, 6) is -0.0929. The van der Waals surface area contributed by atoms with Gasteiger partial charge in [-0.1, -0.05) is 53.7 Å². The lowest BCUT2D eigenvalue weighted by Gasteiger charge is -2.29. The largest absolute Gasteiger partial charge is 0.352 e. The highest BCUT2D eigenvalue weighted by molar-refractivity contribution is 7.99. The lowest BCUT2D eigenvalue weighted by Crippen LogP contribution is -2.31. The van der Waals surface area contributed by atoms with E-state index in [4.69, 9.17) is 11.6 Å². The number of hydrogen-bond acceptors (Lipinski definition) is 5. The highest BCUT2D eigenvalue weighted by Crippen LogP contribution is 2.25. The van der Waals surface area contributed by atoms with E-state index in [2.05, 4.69) is 38.4 Å². The zero-order valence-corrected chi connectivity index (χ0v) is 17.0. The molecule has 8 heteroatoms. The van der Waals surface area contributed by atoms with Crippen LogP contribution in [0.1, 0.15) is 11.1 Å². The van der Waals surface area contributed by atoms with Crippen LogP contribution in [0.25, 0.3) is 0 Å². The highest BCUT2D eigenvalue weighted by atomic mass is 35.5. The number of benzene rings is 2. The Kier molecular flexibility index (Phi) is 5.97. The van der Waals surface area contributed by atoms with Gasteiger partial charge in [-0.2, -0.15) is 0 Å². The number of hydrogen-bond donors (Lipinski definition) is 1. The topological polar surface area (TPSA) is 58.1 Å². The third-order valence-corrected chi connectivity index (χ3v) is 5.78. The summed E-state index contributed by atoms with van der Waals surface area (Å²) in [7, 11) is 0. The van der Waals surface area contributed by atoms with Gasteiger partial charge in [0.05, 0.1) is 16.5 Å². The molecule has 2 heterocycles. The van der Waals surface area contributed by atoms with E-state index in [0.29, 0.717) is 5.16 Å². The molecule has 1 aromatic heterocycles. The summed E-state index contributed by atoms with van der Waals surface area (Å²) in [6.07, 6.45) is 2.66. The second kappa shape index (κ2) is 8.80. The number of halogens is 2. The maximum absolute atomic E-state index is 13.9. The number of rotatable bonds is 5. The van der Waals surface area contributed by atoms with Crippen LogP contribution in [0.2, 0.25) is 5.02 Å². The normalized spacial score (nSPS) is 13.1. The Morgan fingerprint density at radius 2 is 2.00 bits per heavy atom. The molecule has 0 bridgehead atoms. The predicted octanol–water partition coefficient (Wildman–Crippen LogP) is 4.56. The first-order valence-corrected chi connectivity index (χ1v) is 10.5. The zero-order valence-electron chi connectivity index (χ0n) is 15.4. The smallest absolute Gasteiger partial charge is 0.234 e. The van der Waals surface area contributed by atoms with Crippen LogP contribution in [0, 0.1) is 5.82 Å². The van der Waals surface area contributed by atoms with Gasteiger partial charge in [0.2, 0.25) is 5.91 Å². The minimum atomic E-state index is -0.642. The first-order chi connectivity index (χ1) is 14.1. The molecule has 3 aromatic rings. The maximum Gasteiger partial charge on any atom is 0.234 e. The van der Waals surface area contributed by atoms with E-state index in [1.165, 1.54) is 35.0 Å². The van der Waals surface area contributed by atoms with Gasteiger partial charge >= 0.3 is 0 Å². The van der Waals surface area contributed by atoms with Gasteiger partial charge in [0.25, 0.3) is 0 Å².